The molecule has 1 heterocycles. The lowest BCUT2D eigenvalue weighted by Gasteiger charge is -2.23. The molecule has 1 aliphatic heterocycles. The first kappa shape index (κ1) is 15.8. The molecule has 0 amide bonds. The van der Waals surface area contributed by atoms with Crippen molar-refractivity contribution in [3.63, 3.8) is 0 Å². The van der Waals surface area contributed by atoms with Crippen molar-refractivity contribution in [2.75, 3.05) is 20.3 Å². The molecule has 0 aromatic carbocycles. The van der Waals surface area contributed by atoms with Gasteiger partial charge in [-0.2, -0.15) is 0 Å². The monoisotopic (exact) mass is 272 g/mol. The number of rotatable bonds is 7. The Labute approximate surface area is 116 Å². The van der Waals surface area contributed by atoms with Crippen molar-refractivity contribution in [1.82, 2.24) is 5.32 Å². The molecule has 0 aromatic rings. The van der Waals surface area contributed by atoms with Crippen molar-refractivity contribution in [2.24, 2.45) is 16.8 Å². The van der Waals surface area contributed by atoms with Gasteiger partial charge in [-0.1, -0.05) is 52.3 Å². The molecular formula is C14H28N2OS. The van der Waals surface area contributed by atoms with Gasteiger partial charge in [0.05, 0.1) is 19.2 Å². The molecule has 0 saturated heterocycles. The minimum Gasteiger partial charge on any atom is -0.383 e. The van der Waals surface area contributed by atoms with Crippen molar-refractivity contribution < 1.29 is 4.74 Å². The number of nitrogens with zero attached hydrogens (tertiary/aromatic N) is 1. The molecule has 1 rings (SSSR count). The Balaban J connectivity index is 2.45. The number of ether oxygens (including phenoxy) is 1. The van der Waals surface area contributed by atoms with Crippen molar-refractivity contribution >= 4 is 16.9 Å². The first-order valence-corrected chi connectivity index (χ1v) is 7.96. The average molecular weight is 272 g/mol. The third-order valence-corrected chi connectivity index (χ3v) is 5.02. The molecule has 106 valence electrons. The molecule has 18 heavy (non-hydrogen) atoms. The second kappa shape index (κ2) is 8.05. The molecule has 0 aliphatic carbocycles. The Morgan fingerprint density at radius 2 is 2.06 bits per heavy atom. The minimum absolute atomic E-state index is 0.363. The van der Waals surface area contributed by atoms with E-state index in [-0.39, 0.29) is 0 Å². The van der Waals surface area contributed by atoms with E-state index in [1.165, 1.54) is 12.8 Å². The highest BCUT2D eigenvalue weighted by Gasteiger charge is 2.27. The molecule has 0 fully saturated rings. The molecule has 1 aliphatic rings. The standard InChI is InChI=1S/C14H28N2OS/c1-6-11(7-2)13-8-15-14(18-13)16-12(9-17-5)10(3)4/h10-13H,6-9H2,1-5H3,(H,15,16). The third kappa shape index (κ3) is 4.47. The van der Waals surface area contributed by atoms with Crippen LogP contribution in [0.15, 0.2) is 4.99 Å². The van der Waals surface area contributed by atoms with Crippen molar-refractivity contribution in [3.05, 3.63) is 0 Å². The van der Waals surface area contributed by atoms with E-state index in [9.17, 15) is 0 Å². The van der Waals surface area contributed by atoms with Crippen LogP contribution in [0.5, 0.6) is 0 Å². The van der Waals surface area contributed by atoms with Crippen molar-refractivity contribution in [1.29, 1.82) is 0 Å². The number of thioether (sulfide) groups is 1. The lowest BCUT2D eigenvalue weighted by molar-refractivity contribution is 0.156. The summed E-state index contributed by atoms with van der Waals surface area (Å²) in [6, 6.07) is 0.363. The minimum atomic E-state index is 0.363. The molecule has 0 radical (unpaired) electrons. The SMILES string of the molecule is CCC(CC)C1CN=C(NC(COC)C(C)C)S1. The van der Waals surface area contributed by atoms with Gasteiger partial charge in [-0.3, -0.25) is 4.99 Å². The van der Waals surface area contributed by atoms with E-state index >= 15 is 0 Å². The van der Waals surface area contributed by atoms with Crippen LogP contribution in [0.1, 0.15) is 40.5 Å². The Morgan fingerprint density at radius 3 is 2.56 bits per heavy atom. The number of nitrogens with one attached hydrogen (secondary N) is 1. The van der Waals surface area contributed by atoms with Gasteiger partial charge in [0.2, 0.25) is 0 Å². The van der Waals surface area contributed by atoms with Gasteiger partial charge in [0.25, 0.3) is 0 Å². The lowest BCUT2D eigenvalue weighted by Crippen LogP contribution is -2.40. The van der Waals surface area contributed by atoms with Crippen LogP contribution in [0.4, 0.5) is 0 Å². The third-order valence-electron chi connectivity index (χ3n) is 3.71. The topological polar surface area (TPSA) is 33.6 Å². The van der Waals surface area contributed by atoms with Crippen molar-refractivity contribution in [2.45, 2.75) is 51.8 Å². The normalized spacial score (nSPS) is 21.5. The average Bonchev–Trinajstić information content (AvgIpc) is 2.78. The molecule has 0 aromatic heterocycles. The number of aliphatic imine (C=N–C) groups is 1. The fourth-order valence-corrected chi connectivity index (χ4v) is 3.65. The molecule has 4 heteroatoms. The van der Waals surface area contributed by atoms with Crippen LogP contribution in [-0.4, -0.2) is 36.7 Å². The van der Waals surface area contributed by atoms with Gasteiger partial charge in [0.15, 0.2) is 5.17 Å². The predicted molar refractivity (Wildman–Crippen MR) is 81.4 cm³/mol. The van der Waals surface area contributed by atoms with Gasteiger partial charge >= 0.3 is 0 Å². The fourth-order valence-electron chi connectivity index (χ4n) is 2.27. The Bertz CT molecular complexity index is 265. The van der Waals surface area contributed by atoms with Crippen LogP contribution in [0.2, 0.25) is 0 Å². The van der Waals surface area contributed by atoms with Gasteiger partial charge in [-0.15, -0.1) is 0 Å². The Hall–Kier alpha value is -0.220. The molecular weight excluding hydrogens is 244 g/mol. The summed E-state index contributed by atoms with van der Waals surface area (Å²) in [4.78, 5) is 4.65. The second-order valence-corrected chi connectivity index (χ2v) is 6.56. The van der Waals surface area contributed by atoms with Crippen molar-refractivity contribution in [3.8, 4) is 0 Å². The summed E-state index contributed by atoms with van der Waals surface area (Å²) >= 11 is 1.92. The maximum absolute atomic E-state index is 5.27. The summed E-state index contributed by atoms with van der Waals surface area (Å²) in [6.45, 7) is 10.7. The highest BCUT2D eigenvalue weighted by Crippen LogP contribution is 2.30. The summed E-state index contributed by atoms with van der Waals surface area (Å²) in [5, 5.41) is 5.32. The Kier molecular flexibility index (Phi) is 7.08. The summed E-state index contributed by atoms with van der Waals surface area (Å²) in [7, 11) is 1.76. The Morgan fingerprint density at radius 1 is 1.39 bits per heavy atom. The molecule has 0 bridgehead atoms. The van der Waals surface area contributed by atoms with Crippen LogP contribution in [-0.2, 0) is 4.74 Å². The molecule has 2 atom stereocenters. The van der Waals surface area contributed by atoms with Crippen LogP contribution in [0.3, 0.4) is 0 Å². The molecule has 0 spiro atoms. The zero-order valence-corrected chi connectivity index (χ0v) is 13.2. The van der Waals surface area contributed by atoms with E-state index in [2.05, 4.69) is 38.0 Å². The lowest BCUT2D eigenvalue weighted by atomic mass is 9.99. The maximum Gasteiger partial charge on any atom is 0.157 e. The first-order chi connectivity index (χ1) is 8.62. The van der Waals surface area contributed by atoms with Crippen LogP contribution in [0.25, 0.3) is 0 Å². The summed E-state index contributed by atoms with van der Waals surface area (Å²) in [6.07, 6.45) is 2.51. The van der Waals surface area contributed by atoms with E-state index < -0.39 is 0 Å². The zero-order chi connectivity index (χ0) is 13.5. The summed E-state index contributed by atoms with van der Waals surface area (Å²) in [5.74, 6) is 1.35. The maximum atomic E-state index is 5.27. The highest BCUT2D eigenvalue weighted by atomic mass is 32.2. The highest BCUT2D eigenvalue weighted by molar-refractivity contribution is 8.14. The van der Waals surface area contributed by atoms with Gasteiger partial charge < -0.3 is 10.1 Å². The van der Waals surface area contributed by atoms with Gasteiger partial charge in [0, 0.05) is 12.4 Å². The van der Waals surface area contributed by atoms with E-state index in [1.807, 2.05) is 11.8 Å². The molecule has 2 unspecified atom stereocenters. The van der Waals surface area contributed by atoms with E-state index in [0.717, 1.165) is 24.2 Å². The van der Waals surface area contributed by atoms with E-state index in [0.29, 0.717) is 17.2 Å². The number of methoxy groups -OCH3 is 1. The largest absolute Gasteiger partial charge is 0.383 e. The summed E-state index contributed by atoms with van der Waals surface area (Å²) < 4.78 is 5.27. The van der Waals surface area contributed by atoms with E-state index in [1.54, 1.807) is 7.11 Å². The summed E-state index contributed by atoms with van der Waals surface area (Å²) in [5.41, 5.74) is 0. The van der Waals surface area contributed by atoms with Gasteiger partial charge in [0.1, 0.15) is 0 Å². The van der Waals surface area contributed by atoms with Gasteiger partial charge in [-0.25, -0.2) is 0 Å². The van der Waals surface area contributed by atoms with Crippen LogP contribution < -0.4 is 5.32 Å². The van der Waals surface area contributed by atoms with Gasteiger partial charge in [-0.05, 0) is 11.8 Å². The predicted octanol–water partition coefficient (Wildman–Crippen LogP) is 3.15. The zero-order valence-electron chi connectivity index (χ0n) is 12.4. The molecule has 0 saturated carbocycles. The van der Waals surface area contributed by atoms with Crippen LogP contribution in [0, 0.1) is 11.8 Å². The fraction of sp³-hybridized carbons (Fsp3) is 0.929. The molecule has 1 N–H and O–H groups in total. The number of hydrogen-bond acceptors (Lipinski definition) is 4. The van der Waals surface area contributed by atoms with E-state index in [4.69, 9.17) is 4.74 Å². The molecule has 3 nitrogen and oxygen atoms in total. The second-order valence-electron chi connectivity index (χ2n) is 5.33. The number of amidine groups is 1. The van der Waals surface area contributed by atoms with Crippen LogP contribution >= 0.6 is 11.8 Å². The number of hydrogen-bond donors (Lipinski definition) is 1. The smallest absolute Gasteiger partial charge is 0.157 e. The first-order valence-electron chi connectivity index (χ1n) is 7.08. The quantitative estimate of drug-likeness (QED) is 0.773.